The van der Waals surface area contributed by atoms with Gasteiger partial charge in [-0.15, -0.1) is 11.3 Å². The quantitative estimate of drug-likeness (QED) is 0.428. The van der Waals surface area contributed by atoms with E-state index < -0.39 is 0 Å². The van der Waals surface area contributed by atoms with Crippen molar-refractivity contribution in [2.24, 2.45) is 11.8 Å². The van der Waals surface area contributed by atoms with Crippen LogP contribution in [-0.4, -0.2) is 51.2 Å². The van der Waals surface area contributed by atoms with Gasteiger partial charge in [-0.1, -0.05) is 31.9 Å². The second-order valence-corrected chi connectivity index (χ2v) is 10.9. The molecule has 6 heteroatoms. The average Bonchev–Trinajstić information content (AvgIpc) is 3.25. The molecule has 5 nitrogen and oxygen atoms in total. The standard InChI is InChI=1S/C27H37N3O2S/c1-18-4-6-19(7-5-18)24-17-29-13-12-22(24)23-16-25(20-8-10-21(28)11-9-20)33-26(23)27(31)32-15-14-30(2)3/h8-11,16,18-19,29H,4-7,12-15,17,28H2,1-3H3. The van der Waals surface area contributed by atoms with Gasteiger partial charge < -0.3 is 20.7 Å². The molecule has 4 rings (SSSR count). The van der Waals surface area contributed by atoms with Crippen LogP contribution in [0.2, 0.25) is 0 Å². The smallest absolute Gasteiger partial charge is 0.349 e. The van der Waals surface area contributed by atoms with Crippen LogP contribution < -0.4 is 11.1 Å². The first-order valence-corrected chi connectivity index (χ1v) is 13.0. The number of carbonyl (C=O) groups is 1. The SMILES string of the molecule is CC1CCC(C2=C(c3cc(-c4ccc(N)cc4)sc3C(=O)OCCN(C)C)CCNC2)CC1. The highest BCUT2D eigenvalue weighted by Gasteiger charge is 2.29. The number of nitrogens with one attached hydrogen (secondary N) is 1. The summed E-state index contributed by atoms with van der Waals surface area (Å²) < 4.78 is 5.71. The molecule has 33 heavy (non-hydrogen) atoms. The van der Waals surface area contributed by atoms with E-state index in [0.717, 1.165) is 58.5 Å². The number of carbonyl (C=O) groups excluding carboxylic acids is 1. The van der Waals surface area contributed by atoms with E-state index in [4.69, 9.17) is 10.5 Å². The number of ether oxygens (including phenoxy) is 1. The molecule has 0 unspecified atom stereocenters. The number of benzene rings is 1. The van der Waals surface area contributed by atoms with E-state index in [2.05, 4.69) is 18.3 Å². The minimum Gasteiger partial charge on any atom is -0.460 e. The van der Waals surface area contributed by atoms with Crippen molar-refractivity contribution in [1.29, 1.82) is 0 Å². The largest absolute Gasteiger partial charge is 0.460 e. The molecule has 1 aliphatic carbocycles. The number of hydrogen-bond donors (Lipinski definition) is 2. The Labute approximate surface area is 202 Å². The van der Waals surface area contributed by atoms with Gasteiger partial charge in [-0.05, 0) is 86.6 Å². The number of anilines is 1. The van der Waals surface area contributed by atoms with E-state index in [0.29, 0.717) is 12.5 Å². The van der Waals surface area contributed by atoms with Crippen LogP contribution in [0.4, 0.5) is 5.69 Å². The lowest BCUT2D eigenvalue weighted by Crippen LogP contribution is -2.30. The topological polar surface area (TPSA) is 67.6 Å². The van der Waals surface area contributed by atoms with Gasteiger partial charge in [-0.25, -0.2) is 4.79 Å². The Hall–Kier alpha value is -2.15. The van der Waals surface area contributed by atoms with Crippen molar-refractivity contribution in [3.05, 3.63) is 46.3 Å². The van der Waals surface area contributed by atoms with Crippen molar-refractivity contribution in [2.75, 3.05) is 46.1 Å². The van der Waals surface area contributed by atoms with Crippen LogP contribution in [0.5, 0.6) is 0 Å². The number of nitrogens with zero attached hydrogens (tertiary/aromatic N) is 1. The zero-order valence-electron chi connectivity index (χ0n) is 20.2. The molecule has 0 saturated heterocycles. The van der Waals surface area contributed by atoms with E-state index in [-0.39, 0.29) is 5.97 Å². The highest BCUT2D eigenvalue weighted by Crippen LogP contribution is 2.42. The summed E-state index contributed by atoms with van der Waals surface area (Å²) in [5.74, 6) is 1.23. The zero-order chi connectivity index (χ0) is 23.4. The number of likely N-dealkylation sites (N-methyl/N-ethyl adjacent to an activating group) is 1. The van der Waals surface area contributed by atoms with Crippen molar-refractivity contribution < 1.29 is 9.53 Å². The van der Waals surface area contributed by atoms with Gasteiger partial charge >= 0.3 is 5.97 Å². The molecule has 3 N–H and O–H groups in total. The first-order chi connectivity index (χ1) is 15.9. The molecule has 1 fully saturated rings. The molecule has 0 amide bonds. The fourth-order valence-electron chi connectivity index (χ4n) is 4.95. The Bertz CT molecular complexity index is 985. The summed E-state index contributed by atoms with van der Waals surface area (Å²) in [4.78, 5) is 17.1. The Morgan fingerprint density at radius 1 is 1.18 bits per heavy atom. The maximum absolute atomic E-state index is 13.2. The highest BCUT2D eigenvalue weighted by atomic mass is 32.1. The summed E-state index contributed by atoms with van der Waals surface area (Å²) in [6.07, 6.45) is 6.04. The summed E-state index contributed by atoms with van der Waals surface area (Å²) in [6, 6.07) is 10.1. The molecule has 0 spiro atoms. The summed E-state index contributed by atoms with van der Waals surface area (Å²) in [6.45, 7) is 5.36. The van der Waals surface area contributed by atoms with Crippen molar-refractivity contribution in [1.82, 2.24) is 10.2 Å². The van der Waals surface area contributed by atoms with Gasteiger partial charge in [-0.2, -0.15) is 0 Å². The lowest BCUT2D eigenvalue weighted by molar-refractivity contribution is 0.0487. The Balaban J connectivity index is 1.72. The minimum absolute atomic E-state index is 0.207. The maximum Gasteiger partial charge on any atom is 0.349 e. The second kappa shape index (κ2) is 10.9. The summed E-state index contributed by atoms with van der Waals surface area (Å²) >= 11 is 1.54. The number of thiophene rings is 1. The second-order valence-electron chi connectivity index (χ2n) is 9.80. The first-order valence-electron chi connectivity index (χ1n) is 12.2. The van der Waals surface area contributed by atoms with Crippen molar-refractivity contribution in [3.8, 4) is 10.4 Å². The maximum atomic E-state index is 13.2. The molecule has 1 aliphatic heterocycles. The third-order valence-electron chi connectivity index (χ3n) is 6.97. The van der Waals surface area contributed by atoms with Gasteiger partial charge in [-0.3, -0.25) is 0 Å². The number of nitrogens with two attached hydrogens (primary N) is 1. The van der Waals surface area contributed by atoms with Crippen LogP contribution in [0.3, 0.4) is 0 Å². The fourth-order valence-corrected chi connectivity index (χ4v) is 6.04. The third-order valence-corrected chi connectivity index (χ3v) is 8.14. The summed E-state index contributed by atoms with van der Waals surface area (Å²) in [5.41, 5.74) is 11.7. The van der Waals surface area contributed by atoms with Crippen LogP contribution in [-0.2, 0) is 4.74 Å². The van der Waals surface area contributed by atoms with E-state index in [1.54, 1.807) is 11.3 Å². The van der Waals surface area contributed by atoms with Crippen LogP contribution >= 0.6 is 11.3 Å². The summed E-state index contributed by atoms with van der Waals surface area (Å²) in [7, 11) is 3.97. The Morgan fingerprint density at radius 3 is 2.61 bits per heavy atom. The van der Waals surface area contributed by atoms with E-state index in [1.807, 2.05) is 43.3 Å². The molecule has 1 saturated carbocycles. The average molecular weight is 468 g/mol. The molecule has 1 aromatic carbocycles. The van der Waals surface area contributed by atoms with E-state index in [9.17, 15) is 4.79 Å². The van der Waals surface area contributed by atoms with Gasteiger partial charge in [0.15, 0.2) is 0 Å². The number of nitrogen functional groups attached to an aromatic ring is 1. The van der Waals surface area contributed by atoms with Gasteiger partial charge in [0, 0.05) is 29.2 Å². The normalized spacial score (nSPS) is 21.5. The lowest BCUT2D eigenvalue weighted by Gasteiger charge is -2.33. The number of esters is 1. The number of rotatable bonds is 7. The first kappa shape index (κ1) is 24.0. The van der Waals surface area contributed by atoms with Crippen molar-refractivity contribution in [2.45, 2.75) is 39.0 Å². The van der Waals surface area contributed by atoms with E-state index in [1.165, 1.54) is 36.8 Å². The van der Waals surface area contributed by atoms with Gasteiger partial charge in [0.1, 0.15) is 11.5 Å². The van der Waals surface area contributed by atoms with Gasteiger partial charge in [0.05, 0.1) is 0 Å². The van der Waals surface area contributed by atoms with Crippen LogP contribution in [0.15, 0.2) is 35.9 Å². The third kappa shape index (κ3) is 5.86. The van der Waals surface area contributed by atoms with E-state index >= 15 is 0 Å². The zero-order valence-corrected chi connectivity index (χ0v) is 21.0. The fraction of sp³-hybridized carbons (Fsp3) is 0.519. The molecule has 0 radical (unpaired) electrons. The summed E-state index contributed by atoms with van der Waals surface area (Å²) in [5, 5.41) is 3.59. The molecule has 0 atom stereocenters. The van der Waals surface area contributed by atoms with Crippen LogP contribution in [0.1, 0.15) is 54.3 Å². The highest BCUT2D eigenvalue weighted by molar-refractivity contribution is 7.17. The van der Waals surface area contributed by atoms with Crippen LogP contribution in [0, 0.1) is 11.8 Å². The molecule has 2 aromatic rings. The monoisotopic (exact) mass is 467 g/mol. The van der Waals surface area contributed by atoms with Crippen molar-refractivity contribution >= 4 is 28.6 Å². The number of hydrogen-bond acceptors (Lipinski definition) is 6. The Kier molecular flexibility index (Phi) is 7.89. The minimum atomic E-state index is -0.207. The predicted octanol–water partition coefficient (Wildman–Crippen LogP) is 5.29. The lowest BCUT2D eigenvalue weighted by atomic mass is 9.76. The van der Waals surface area contributed by atoms with Gasteiger partial charge in [0.25, 0.3) is 0 Å². The van der Waals surface area contributed by atoms with Gasteiger partial charge in [0.2, 0.25) is 0 Å². The predicted molar refractivity (Wildman–Crippen MR) is 139 cm³/mol. The molecule has 2 aliphatic rings. The Morgan fingerprint density at radius 2 is 1.91 bits per heavy atom. The molecule has 178 valence electrons. The molecule has 0 bridgehead atoms. The molecular weight excluding hydrogens is 430 g/mol. The molecular formula is C27H37N3O2S. The molecule has 2 heterocycles. The molecule has 1 aromatic heterocycles. The van der Waals surface area contributed by atoms with Crippen LogP contribution in [0.25, 0.3) is 16.0 Å². The van der Waals surface area contributed by atoms with Crippen molar-refractivity contribution in [3.63, 3.8) is 0 Å².